The number of likely N-dealkylation sites (N-methyl/N-ethyl adjacent to an activating group) is 1. The van der Waals surface area contributed by atoms with E-state index in [1.807, 2.05) is 0 Å². The first-order valence-electron chi connectivity index (χ1n) is 9.07. The molecule has 0 amide bonds. The molecule has 2 atom stereocenters. The average Bonchev–Trinajstić information content (AvgIpc) is 2.47. The van der Waals surface area contributed by atoms with E-state index in [2.05, 4.69) is 56.6 Å². The van der Waals surface area contributed by atoms with Gasteiger partial charge in [0.25, 0.3) is 0 Å². The second-order valence-corrected chi connectivity index (χ2v) is 7.77. The highest BCUT2D eigenvalue weighted by Gasteiger charge is 2.37. The summed E-state index contributed by atoms with van der Waals surface area (Å²) in [5, 5.41) is 0. The van der Waals surface area contributed by atoms with Gasteiger partial charge in [0.1, 0.15) is 0 Å². The van der Waals surface area contributed by atoms with Gasteiger partial charge in [0.2, 0.25) is 0 Å². The van der Waals surface area contributed by atoms with Crippen molar-refractivity contribution in [3.8, 4) is 0 Å². The average molecular weight is 300 g/mol. The molecule has 1 fully saturated rings. The Bertz CT molecular complexity index is 535. The Labute approximate surface area is 136 Å². The van der Waals surface area contributed by atoms with Gasteiger partial charge in [-0.05, 0) is 61.4 Å². The van der Waals surface area contributed by atoms with E-state index in [1.54, 1.807) is 11.1 Å². The van der Waals surface area contributed by atoms with Gasteiger partial charge in [-0.15, -0.1) is 0 Å². The summed E-state index contributed by atoms with van der Waals surface area (Å²) in [7, 11) is 0. The molecule has 0 aliphatic carbocycles. The van der Waals surface area contributed by atoms with E-state index in [0.29, 0.717) is 6.04 Å². The number of nitrogens with zero attached hydrogens (tertiary/aromatic N) is 2. The second-order valence-electron chi connectivity index (χ2n) is 7.77. The van der Waals surface area contributed by atoms with Gasteiger partial charge in [-0.2, -0.15) is 0 Å². The predicted octanol–water partition coefficient (Wildman–Crippen LogP) is 3.95. The fraction of sp³-hybridized carbons (Fsp3) is 0.700. The van der Waals surface area contributed by atoms with Crippen molar-refractivity contribution in [1.29, 1.82) is 0 Å². The lowest BCUT2D eigenvalue weighted by Gasteiger charge is -2.49. The third kappa shape index (κ3) is 2.96. The third-order valence-electron chi connectivity index (χ3n) is 5.74. The first-order valence-corrected chi connectivity index (χ1v) is 9.07. The lowest BCUT2D eigenvalue weighted by Crippen LogP contribution is -2.56. The molecule has 2 unspecified atom stereocenters. The molecule has 2 aliphatic heterocycles. The Morgan fingerprint density at radius 2 is 1.86 bits per heavy atom. The molecule has 2 nitrogen and oxygen atoms in total. The van der Waals surface area contributed by atoms with Gasteiger partial charge in [0.15, 0.2) is 0 Å². The van der Waals surface area contributed by atoms with Crippen LogP contribution in [0.3, 0.4) is 0 Å². The van der Waals surface area contributed by atoms with E-state index < -0.39 is 0 Å². The Kier molecular flexibility index (Phi) is 4.61. The SMILES string of the molecule is CCN1CC2c3cc(C)c(C)cc3CCN2CC1CC(C)C. The van der Waals surface area contributed by atoms with Crippen molar-refractivity contribution in [1.82, 2.24) is 9.80 Å². The number of fused-ring (bicyclic) bond motifs is 3. The zero-order valence-electron chi connectivity index (χ0n) is 15.0. The third-order valence-corrected chi connectivity index (χ3v) is 5.74. The fourth-order valence-electron chi connectivity index (χ4n) is 4.39. The van der Waals surface area contributed by atoms with Gasteiger partial charge in [-0.3, -0.25) is 9.80 Å². The van der Waals surface area contributed by atoms with E-state index in [9.17, 15) is 0 Å². The summed E-state index contributed by atoms with van der Waals surface area (Å²) in [6, 6.07) is 6.28. The fourth-order valence-corrected chi connectivity index (χ4v) is 4.39. The first kappa shape index (κ1) is 16.0. The molecule has 2 aliphatic rings. The summed E-state index contributed by atoms with van der Waals surface area (Å²) in [6.07, 6.45) is 2.56. The largest absolute Gasteiger partial charge is 0.297 e. The molecular formula is C20H32N2. The molecule has 3 rings (SSSR count). The molecular weight excluding hydrogens is 268 g/mol. The molecule has 22 heavy (non-hydrogen) atoms. The van der Waals surface area contributed by atoms with Gasteiger partial charge in [-0.25, -0.2) is 0 Å². The maximum absolute atomic E-state index is 2.76. The number of aryl methyl sites for hydroxylation is 2. The van der Waals surface area contributed by atoms with E-state index in [0.717, 1.165) is 12.0 Å². The molecule has 1 aromatic carbocycles. The smallest absolute Gasteiger partial charge is 0.0478 e. The second kappa shape index (κ2) is 6.33. The van der Waals surface area contributed by atoms with Gasteiger partial charge >= 0.3 is 0 Å². The van der Waals surface area contributed by atoms with E-state index in [-0.39, 0.29) is 0 Å². The summed E-state index contributed by atoms with van der Waals surface area (Å²) in [5.74, 6) is 0.789. The maximum atomic E-state index is 2.76. The van der Waals surface area contributed by atoms with Crippen LogP contribution in [-0.4, -0.2) is 42.0 Å². The standard InChI is InChI=1S/C20H32N2/c1-6-21-13-20-19-11-16(5)15(4)10-17(19)7-8-22(20)12-18(21)9-14(2)3/h10-11,14,18,20H,6-9,12-13H2,1-5H3. The molecule has 0 N–H and O–H groups in total. The minimum Gasteiger partial charge on any atom is -0.297 e. The summed E-state index contributed by atoms with van der Waals surface area (Å²) in [5.41, 5.74) is 6.11. The first-order chi connectivity index (χ1) is 10.5. The van der Waals surface area contributed by atoms with Crippen LogP contribution in [0, 0.1) is 19.8 Å². The van der Waals surface area contributed by atoms with Crippen molar-refractivity contribution < 1.29 is 0 Å². The molecule has 0 saturated carbocycles. The minimum atomic E-state index is 0.617. The van der Waals surface area contributed by atoms with Crippen molar-refractivity contribution in [2.24, 2.45) is 5.92 Å². The highest BCUT2D eigenvalue weighted by atomic mass is 15.3. The van der Waals surface area contributed by atoms with Crippen LogP contribution < -0.4 is 0 Å². The molecule has 0 aromatic heterocycles. The van der Waals surface area contributed by atoms with Crippen LogP contribution in [0.4, 0.5) is 0 Å². The van der Waals surface area contributed by atoms with Crippen LogP contribution >= 0.6 is 0 Å². The van der Waals surface area contributed by atoms with Crippen molar-refractivity contribution in [3.05, 3.63) is 34.4 Å². The zero-order chi connectivity index (χ0) is 15.9. The van der Waals surface area contributed by atoms with Gasteiger partial charge in [0.05, 0.1) is 0 Å². The monoisotopic (exact) mass is 300 g/mol. The minimum absolute atomic E-state index is 0.617. The topological polar surface area (TPSA) is 6.48 Å². The Hall–Kier alpha value is -0.860. The summed E-state index contributed by atoms with van der Waals surface area (Å²) >= 11 is 0. The van der Waals surface area contributed by atoms with E-state index >= 15 is 0 Å². The molecule has 1 aromatic rings. The number of piperazine rings is 1. The van der Waals surface area contributed by atoms with Crippen LogP contribution in [0.5, 0.6) is 0 Å². The molecule has 122 valence electrons. The van der Waals surface area contributed by atoms with Crippen LogP contribution in [0.15, 0.2) is 12.1 Å². The van der Waals surface area contributed by atoms with Gasteiger partial charge in [0, 0.05) is 31.7 Å². The van der Waals surface area contributed by atoms with Crippen LogP contribution in [-0.2, 0) is 6.42 Å². The van der Waals surface area contributed by atoms with Crippen molar-refractivity contribution >= 4 is 0 Å². The highest BCUT2D eigenvalue weighted by molar-refractivity contribution is 5.41. The van der Waals surface area contributed by atoms with E-state index in [1.165, 1.54) is 50.1 Å². The number of hydrogen-bond donors (Lipinski definition) is 0. The Morgan fingerprint density at radius 1 is 1.14 bits per heavy atom. The molecule has 0 spiro atoms. The number of benzene rings is 1. The normalized spacial score (nSPS) is 26.1. The van der Waals surface area contributed by atoms with Crippen LogP contribution in [0.1, 0.15) is 55.5 Å². The molecule has 2 heteroatoms. The molecule has 0 bridgehead atoms. The van der Waals surface area contributed by atoms with Crippen molar-refractivity contribution in [2.75, 3.05) is 26.2 Å². The van der Waals surface area contributed by atoms with Crippen molar-refractivity contribution in [3.63, 3.8) is 0 Å². The summed E-state index contributed by atoms with van der Waals surface area (Å²) in [4.78, 5) is 5.49. The van der Waals surface area contributed by atoms with Crippen LogP contribution in [0.25, 0.3) is 0 Å². The Balaban J connectivity index is 1.87. The quantitative estimate of drug-likeness (QED) is 0.834. The molecule has 0 radical (unpaired) electrons. The number of hydrogen-bond acceptors (Lipinski definition) is 2. The predicted molar refractivity (Wildman–Crippen MR) is 94.4 cm³/mol. The molecule has 2 heterocycles. The zero-order valence-corrected chi connectivity index (χ0v) is 15.0. The Morgan fingerprint density at radius 3 is 2.55 bits per heavy atom. The lowest BCUT2D eigenvalue weighted by atomic mass is 9.86. The highest BCUT2D eigenvalue weighted by Crippen LogP contribution is 2.36. The van der Waals surface area contributed by atoms with Gasteiger partial charge in [-0.1, -0.05) is 32.9 Å². The number of rotatable bonds is 3. The lowest BCUT2D eigenvalue weighted by molar-refractivity contribution is 0.0170. The maximum Gasteiger partial charge on any atom is 0.0478 e. The van der Waals surface area contributed by atoms with Crippen molar-refractivity contribution in [2.45, 2.75) is 59.5 Å². The van der Waals surface area contributed by atoms with E-state index in [4.69, 9.17) is 0 Å². The molecule has 1 saturated heterocycles. The van der Waals surface area contributed by atoms with Crippen LogP contribution in [0.2, 0.25) is 0 Å². The summed E-state index contributed by atoms with van der Waals surface area (Å²) in [6.45, 7) is 16.4. The van der Waals surface area contributed by atoms with Gasteiger partial charge < -0.3 is 0 Å². The summed E-state index contributed by atoms with van der Waals surface area (Å²) < 4.78 is 0.